The largest absolute Gasteiger partial charge is 0.394 e. The van der Waals surface area contributed by atoms with Crippen molar-refractivity contribution in [3.05, 3.63) is 0 Å². The third-order valence-electron chi connectivity index (χ3n) is 16.3. The van der Waals surface area contributed by atoms with Crippen LogP contribution < -0.4 is 5.32 Å². The predicted molar refractivity (Wildman–Crippen MR) is 305 cm³/mol. The lowest BCUT2D eigenvalue weighted by Crippen LogP contribution is -2.65. The van der Waals surface area contributed by atoms with Gasteiger partial charge in [-0.15, -0.1) is 0 Å². The van der Waals surface area contributed by atoms with Crippen LogP contribution in [-0.2, 0) is 23.7 Å². The van der Waals surface area contributed by atoms with E-state index in [9.17, 15) is 45.6 Å². The Hall–Kier alpha value is -1.01. The zero-order chi connectivity index (χ0) is 55.3. The highest BCUT2D eigenvalue weighted by atomic mass is 16.7. The van der Waals surface area contributed by atoms with Crippen LogP contribution in [0.1, 0.15) is 296 Å². The topological polar surface area (TPSA) is 228 Å². The van der Waals surface area contributed by atoms with E-state index in [4.69, 9.17) is 18.9 Å². The molecule has 2 saturated heterocycles. The highest BCUT2D eigenvalue weighted by Gasteiger charge is 2.51. The molecule has 0 aromatic rings. The molecule has 12 unspecified atom stereocenters. The van der Waals surface area contributed by atoms with Crippen molar-refractivity contribution in [1.29, 1.82) is 0 Å². The molecular formula is C62H121NO13. The first kappa shape index (κ1) is 71.1. The van der Waals surface area contributed by atoms with E-state index in [1.54, 1.807) is 0 Å². The SMILES string of the molecule is CCCCCCCCCCCCCCCCCCCCCCCCCCCCCCCCCCCCCCCCCC(=O)NC(COC1OC(CO)C(OC2OC(CO)C(O)C(O)C2O)C(O)C1O)C(O)CCCCC. The minimum absolute atomic E-state index is 0.212. The predicted octanol–water partition coefficient (Wildman–Crippen LogP) is 11.7. The summed E-state index contributed by atoms with van der Waals surface area (Å²) in [5.41, 5.74) is 0. The molecule has 2 rings (SSSR count). The molecule has 76 heavy (non-hydrogen) atoms. The summed E-state index contributed by atoms with van der Waals surface area (Å²) in [5.74, 6) is -0.212. The van der Waals surface area contributed by atoms with Crippen LogP contribution in [0.25, 0.3) is 0 Å². The second-order valence-corrected chi connectivity index (χ2v) is 23.3. The lowest BCUT2D eigenvalue weighted by atomic mass is 9.97. The Morgan fingerprint density at radius 2 is 0.750 bits per heavy atom. The molecule has 0 saturated carbocycles. The van der Waals surface area contributed by atoms with Crippen molar-refractivity contribution in [1.82, 2.24) is 5.32 Å². The number of hydrogen-bond donors (Lipinski definition) is 9. The van der Waals surface area contributed by atoms with Crippen LogP contribution in [0.2, 0.25) is 0 Å². The molecule has 2 aliphatic heterocycles. The van der Waals surface area contributed by atoms with Crippen molar-refractivity contribution in [3.8, 4) is 0 Å². The summed E-state index contributed by atoms with van der Waals surface area (Å²) >= 11 is 0. The van der Waals surface area contributed by atoms with Gasteiger partial charge in [-0.05, 0) is 12.8 Å². The van der Waals surface area contributed by atoms with E-state index in [1.165, 1.54) is 225 Å². The number of aliphatic hydroxyl groups is 8. The Balaban J connectivity index is 1.41. The summed E-state index contributed by atoms with van der Waals surface area (Å²) in [6, 6.07) is -0.819. The average Bonchev–Trinajstić information content (AvgIpc) is 3.42. The van der Waals surface area contributed by atoms with Gasteiger partial charge in [0.1, 0.15) is 48.8 Å². The molecule has 1 amide bonds. The molecule has 12 atom stereocenters. The molecule has 0 spiro atoms. The minimum Gasteiger partial charge on any atom is -0.394 e. The summed E-state index contributed by atoms with van der Waals surface area (Å²) in [5, 5.41) is 86.2. The number of rotatable bonds is 53. The van der Waals surface area contributed by atoms with Crippen molar-refractivity contribution < 1.29 is 64.6 Å². The zero-order valence-electron chi connectivity index (χ0n) is 48.8. The van der Waals surface area contributed by atoms with Crippen LogP contribution in [0, 0.1) is 0 Å². The van der Waals surface area contributed by atoms with E-state index in [0.29, 0.717) is 12.8 Å². The van der Waals surface area contributed by atoms with Crippen LogP contribution in [0.4, 0.5) is 0 Å². The normalized spacial score (nSPS) is 24.8. The maximum absolute atomic E-state index is 13.1. The molecule has 2 heterocycles. The van der Waals surface area contributed by atoms with Gasteiger partial charge in [0.05, 0.1) is 32.0 Å². The number of carbonyl (C=O) groups excluding carboxylic acids is 1. The van der Waals surface area contributed by atoms with Gasteiger partial charge < -0.3 is 65.1 Å². The maximum Gasteiger partial charge on any atom is 0.220 e. The molecular weight excluding hydrogens is 967 g/mol. The summed E-state index contributed by atoms with van der Waals surface area (Å²) in [6.45, 7) is 2.71. The van der Waals surface area contributed by atoms with Crippen molar-refractivity contribution >= 4 is 5.91 Å². The number of amides is 1. The zero-order valence-corrected chi connectivity index (χ0v) is 48.8. The molecule has 0 bridgehead atoms. The quantitative estimate of drug-likeness (QED) is 0.0259. The first-order valence-corrected chi connectivity index (χ1v) is 32.3. The second kappa shape index (κ2) is 48.7. The Bertz CT molecular complexity index is 1280. The van der Waals surface area contributed by atoms with Crippen molar-refractivity contribution in [2.45, 2.75) is 370 Å². The second-order valence-electron chi connectivity index (χ2n) is 23.3. The highest BCUT2D eigenvalue weighted by Crippen LogP contribution is 2.30. The Labute approximate surface area is 464 Å². The van der Waals surface area contributed by atoms with E-state index < -0.39 is 86.8 Å². The van der Waals surface area contributed by atoms with Gasteiger partial charge in [0.2, 0.25) is 5.91 Å². The Morgan fingerprint density at radius 3 is 1.12 bits per heavy atom. The highest BCUT2D eigenvalue weighted by molar-refractivity contribution is 5.76. The maximum atomic E-state index is 13.1. The van der Waals surface area contributed by atoms with Gasteiger partial charge in [-0.1, -0.05) is 277 Å². The number of carbonyl (C=O) groups is 1. The van der Waals surface area contributed by atoms with Gasteiger partial charge in [0.25, 0.3) is 0 Å². The van der Waals surface area contributed by atoms with Crippen molar-refractivity contribution in [2.75, 3.05) is 19.8 Å². The fraction of sp³-hybridized carbons (Fsp3) is 0.984. The van der Waals surface area contributed by atoms with Crippen molar-refractivity contribution in [3.63, 3.8) is 0 Å². The molecule has 14 nitrogen and oxygen atoms in total. The molecule has 2 aliphatic rings. The first-order chi connectivity index (χ1) is 37.1. The Morgan fingerprint density at radius 1 is 0.421 bits per heavy atom. The lowest BCUT2D eigenvalue weighted by molar-refractivity contribution is -0.359. The van der Waals surface area contributed by atoms with Crippen LogP contribution in [0.5, 0.6) is 0 Å². The van der Waals surface area contributed by atoms with E-state index in [1.807, 2.05) is 0 Å². The first-order valence-electron chi connectivity index (χ1n) is 32.3. The van der Waals surface area contributed by atoms with Crippen LogP contribution in [0.3, 0.4) is 0 Å². The molecule has 0 aromatic carbocycles. The number of ether oxygens (including phenoxy) is 4. The van der Waals surface area contributed by atoms with Crippen molar-refractivity contribution in [2.24, 2.45) is 0 Å². The lowest BCUT2D eigenvalue weighted by Gasteiger charge is -2.46. The summed E-state index contributed by atoms with van der Waals surface area (Å²) in [4.78, 5) is 13.1. The fourth-order valence-corrected chi connectivity index (χ4v) is 11.1. The standard InChI is InChI=1S/C62H121NO13/c1-3-5-7-8-9-10-11-12-13-14-15-16-17-18-19-20-21-22-23-24-25-26-27-28-29-30-31-32-33-34-35-36-37-38-39-40-41-42-44-46-54(67)63-50(51(66)45-43-6-4-2)49-73-61-59(72)57(70)60(53(48-65)75-61)76-62-58(71)56(69)55(68)52(47-64)74-62/h50-53,55-62,64-66,68-72H,3-49H2,1-2H3,(H,63,67). The van der Waals surface area contributed by atoms with Crippen LogP contribution in [0.15, 0.2) is 0 Å². The number of aliphatic hydroxyl groups excluding tert-OH is 8. The van der Waals surface area contributed by atoms with E-state index in [2.05, 4.69) is 19.2 Å². The summed E-state index contributed by atoms with van der Waals surface area (Å²) in [7, 11) is 0. The van der Waals surface area contributed by atoms with Gasteiger partial charge in [-0.3, -0.25) is 4.79 Å². The number of hydrogen-bond acceptors (Lipinski definition) is 13. The smallest absolute Gasteiger partial charge is 0.220 e. The average molecular weight is 1090 g/mol. The fourth-order valence-electron chi connectivity index (χ4n) is 11.1. The molecule has 9 N–H and O–H groups in total. The molecule has 0 aromatic heterocycles. The summed E-state index contributed by atoms with van der Waals surface area (Å²) < 4.78 is 22.6. The van der Waals surface area contributed by atoms with Gasteiger partial charge in [0.15, 0.2) is 12.6 Å². The summed E-state index contributed by atoms with van der Waals surface area (Å²) in [6.07, 6.45) is 40.1. The van der Waals surface area contributed by atoms with E-state index >= 15 is 0 Å². The molecule has 14 heteroatoms. The molecule has 0 aliphatic carbocycles. The van der Waals surface area contributed by atoms with Gasteiger partial charge in [0, 0.05) is 6.42 Å². The third kappa shape index (κ3) is 33.7. The van der Waals surface area contributed by atoms with Gasteiger partial charge >= 0.3 is 0 Å². The van der Waals surface area contributed by atoms with E-state index in [-0.39, 0.29) is 12.5 Å². The monoisotopic (exact) mass is 1090 g/mol. The number of nitrogens with one attached hydrogen (secondary N) is 1. The van der Waals surface area contributed by atoms with Crippen LogP contribution >= 0.6 is 0 Å². The molecule has 2 fully saturated rings. The third-order valence-corrected chi connectivity index (χ3v) is 16.3. The number of unbranched alkanes of at least 4 members (excludes halogenated alkanes) is 40. The molecule has 0 radical (unpaired) electrons. The molecule has 452 valence electrons. The van der Waals surface area contributed by atoms with Crippen LogP contribution in [-0.4, -0.2) is 140 Å². The Kier molecular flexibility index (Phi) is 45.5. The van der Waals surface area contributed by atoms with Gasteiger partial charge in [-0.25, -0.2) is 0 Å². The van der Waals surface area contributed by atoms with E-state index in [0.717, 1.165) is 44.9 Å². The van der Waals surface area contributed by atoms with Gasteiger partial charge in [-0.2, -0.15) is 0 Å². The minimum atomic E-state index is -1.78.